The molecule has 1 unspecified atom stereocenters. The van der Waals surface area contributed by atoms with Crippen LogP contribution >= 0.6 is 0 Å². The molecule has 0 radical (unpaired) electrons. The third kappa shape index (κ3) is 8.08. The molecule has 2 heterocycles. The number of carboxylic acid groups (broad SMARTS) is 2. The van der Waals surface area contributed by atoms with Crippen molar-refractivity contribution in [1.82, 2.24) is 20.1 Å². The number of likely N-dealkylation sites (tertiary alicyclic amines) is 1. The zero-order chi connectivity index (χ0) is 22.4. The van der Waals surface area contributed by atoms with Gasteiger partial charge < -0.3 is 24.6 Å². The van der Waals surface area contributed by atoms with Crippen LogP contribution in [-0.4, -0.2) is 77.1 Å². The van der Waals surface area contributed by atoms with Gasteiger partial charge in [-0.2, -0.15) is 5.10 Å². The van der Waals surface area contributed by atoms with Crippen LogP contribution in [0.2, 0.25) is 0 Å². The maximum Gasteiger partial charge on any atom is 0.290 e. The molecule has 2 aromatic rings. The topological polar surface area (TPSA) is 138 Å². The van der Waals surface area contributed by atoms with Crippen LogP contribution in [0.4, 0.5) is 0 Å². The molecular weight excluding hydrogens is 392 g/mol. The maximum absolute atomic E-state index is 8.36. The molecule has 0 aliphatic carbocycles. The van der Waals surface area contributed by atoms with Crippen molar-refractivity contribution in [3.63, 3.8) is 0 Å². The summed E-state index contributed by atoms with van der Waals surface area (Å²) in [5, 5.41) is 21.3. The minimum Gasteiger partial charge on any atom is -0.493 e. The van der Waals surface area contributed by atoms with Gasteiger partial charge in [-0.15, -0.1) is 0 Å². The van der Waals surface area contributed by atoms with Crippen molar-refractivity contribution in [2.24, 2.45) is 0 Å². The molecule has 1 aromatic carbocycles. The SMILES string of the molecule is COc1ccc(Cc2nc(C(C)CN3CCCC3)n[nH]2)cc1OC.O=CO.O=CO. The Morgan fingerprint density at radius 3 is 2.30 bits per heavy atom. The van der Waals surface area contributed by atoms with Gasteiger partial charge in [-0.3, -0.25) is 14.7 Å². The number of aromatic nitrogens is 3. The van der Waals surface area contributed by atoms with Crippen LogP contribution < -0.4 is 9.47 Å². The lowest BCUT2D eigenvalue weighted by Crippen LogP contribution is -2.24. The molecular formula is C20H30N4O6. The number of methoxy groups -OCH3 is 2. The highest BCUT2D eigenvalue weighted by Gasteiger charge is 2.18. The molecule has 1 aromatic heterocycles. The summed E-state index contributed by atoms with van der Waals surface area (Å²) in [5.41, 5.74) is 1.11. The Morgan fingerprint density at radius 1 is 1.13 bits per heavy atom. The second-order valence-electron chi connectivity index (χ2n) is 6.63. The largest absolute Gasteiger partial charge is 0.493 e. The molecule has 1 aliphatic rings. The molecule has 0 bridgehead atoms. The summed E-state index contributed by atoms with van der Waals surface area (Å²) in [5.74, 6) is 3.59. The molecule has 3 rings (SSSR count). The predicted octanol–water partition coefficient (Wildman–Crippen LogP) is 2.01. The van der Waals surface area contributed by atoms with E-state index in [1.807, 2.05) is 18.2 Å². The number of benzene rings is 1. The third-order valence-electron chi connectivity index (χ3n) is 4.54. The van der Waals surface area contributed by atoms with E-state index in [2.05, 4.69) is 27.0 Å². The molecule has 0 spiro atoms. The Bertz CT molecular complexity index is 756. The first-order chi connectivity index (χ1) is 14.5. The average molecular weight is 422 g/mol. The van der Waals surface area contributed by atoms with E-state index in [4.69, 9.17) is 29.3 Å². The summed E-state index contributed by atoms with van der Waals surface area (Å²) in [6.07, 6.45) is 3.32. The van der Waals surface area contributed by atoms with E-state index in [1.54, 1.807) is 14.2 Å². The normalized spacial score (nSPS) is 13.8. The van der Waals surface area contributed by atoms with E-state index in [0.717, 1.165) is 35.3 Å². The van der Waals surface area contributed by atoms with Gasteiger partial charge in [0.1, 0.15) is 5.82 Å². The molecule has 0 amide bonds. The number of aromatic amines is 1. The monoisotopic (exact) mass is 422 g/mol. The first-order valence-corrected chi connectivity index (χ1v) is 9.53. The highest BCUT2D eigenvalue weighted by molar-refractivity contribution is 5.43. The summed E-state index contributed by atoms with van der Waals surface area (Å²) in [6, 6.07) is 5.92. The second-order valence-corrected chi connectivity index (χ2v) is 6.63. The van der Waals surface area contributed by atoms with Crippen LogP contribution in [0, 0.1) is 0 Å². The van der Waals surface area contributed by atoms with Crippen LogP contribution in [-0.2, 0) is 16.0 Å². The Kier molecular flexibility index (Phi) is 11.6. The number of hydrogen-bond acceptors (Lipinski definition) is 7. The quantitative estimate of drug-likeness (QED) is 0.572. The van der Waals surface area contributed by atoms with Crippen molar-refractivity contribution < 1.29 is 29.3 Å². The summed E-state index contributed by atoms with van der Waals surface area (Å²) in [6.45, 7) is 5.13. The van der Waals surface area contributed by atoms with Crippen LogP contribution in [0.15, 0.2) is 18.2 Å². The smallest absolute Gasteiger partial charge is 0.290 e. The molecule has 1 atom stereocenters. The lowest BCUT2D eigenvalue weighted by molar-refractivity contribution is -0.123. The molecule has 10 heteroatoms. The van der Waals surface area contributed by atoms with Crippen molar-refractivity contribution in [3.05, 3.63) is 35.4 Å². The highest BCUT2D eigenvalue weighted by atomic mass is 16.5. The summed E-state index contributed by atoms with van der Waals surface area (Å²) in [4.78, 5) is 23.9. The molecule has 10 nitrogen and oxygen atoms in total. The Labute approximate surface area is 175 Å². The van der Waals surface area contributed by atoms with Gasteiger partial charge in [-0.05, 0) is 43.6 Å². The van der Waals surface area contributed by atoms with Gasteiger partial charge in [0.2, 0.25) is 0 Å². The lowest BCUT2D eigenvalue weighted by atomic mass is 10.1. The fourth-order valence-corrected chi connectivity index (χ4v) is 3.23. The van der Waals surface area contributed by atoms with E-state index >= 15 is 0 Å². The summed E-state index contributed by atoms with van der Waals surface area (Å²) in [7, 11) is 3.29. The minimum absolute atomic E-state index is 0.250. The van der Waals surface area contributed by atoms with Crippen LogP contribution in [0.3, 0.4) is 0 Å². The molecule has 3 N–H and O–H groups in total. The number of nitrogens with zero attached hydrogens (tertiary/aromatic N) is 3. The van der Waals surface area contributed by atoms with Gasteiger partial charge in [-0.1, -0.05) is 13.0 Å². The van der Waals surface area contributed by atoms with Gasteiger partial charge in [0.25, 0.3) is 12.9 Å². The molecule has 30 heavy (non-hydrogen) atoms. The molecule has 1 fully saturated rings. The lowest BCUT2D eigenvalue weighted by Gasteiger charge is -2.17. The molecule has 1 saturated heterocycles. The molecule has 1 aliphatic heterocycles. The fraction of sp³-hybridized carbons (Fsp3) is 0.500. The van der Waals surface area contributed by atoms with Gasteiger partial charge in [0, 0.05) is 18.9 Å². The van der Waals surface area contributed by atoms with Crippen LogP contribution in [0.5, 0.6) is 11.5 Å². The van der Waals surface area contributed by atoms with Crippen molar-refractivity contribution >= 4 is 12.9 Å². The number of ether oxygens (including phenoxy) is 2. The fourth-order valence-electron chi connectivity index (χ4n) is 3.23. The van der Waals surface area contributed by atoms with E-state index in [9.17, 15) is 0 Å². The van der Waals surface area contributed by atoms with Gasteiger partial charge in [-0.25, -0.2) is 4.98 Å². The second kappa shape index (κ2) is 13.9. The van der Waals surface area contributed by atoms with Gasteiger partial charge >= 0.3 is 0 Å². The van der Waals surface area contributed by atoms with Crippen LogP contribution in [0.25, 0.3) is 0 Å². The average Bonchev–Trinajstić information content (AvgIpc) is 3.41. The standard InChI is InChI=1S/C18H26N4O2.2CH2O2/c1-13(12-22-8-4-5-9-22)18-19-17(20-21-18)11-14-6-7-15(23-2)16(10-14)24-3;2*2-1-3/h6-7,10,13H,4-5,8-9,11-12H2,1-3H3,(H,19,20,21);2*1H,(H,2,3). The zero-order valence-corrected chi connectivity index (χ0v) is 17.6. The van der Waals surface area contributed by atoms with Crippen LogP contribution in [0.1, 0.15) is 42.9 Å². The number of nitrogens with one attached hydrogen (secondary N) is 1. The Morgan fingerprint density at radius 2 is 1.73 bits per heavy atom. The summed E-state index contributed by atoms with van der Waals surface area (Å²) >= 11 is 0. The van der Waals surface area contributed by atoms with Crippen molar-refractivity contribution in [1.29, 1.82) is 0 Å². The zero-order valence-electron chi connectivity index (χ0n) is 17.6. The van der Waals surface area contributed by atoms with Gasteiger partial charge in [0.05, 0.1) is 14.2 Å². The van der Waals surface area contributed by atoms with Crippen molar-refractivity contribution in [2.75, 3.05) is 33.9 Å². The predicted molar refractivity (Wildman–Crippen MR) is 110 cm³/mol. The van der Waals surface area contributed by atoms with Crippen molar-refractivity contribution in [2.45, 2.75) is 32.1 Å². The first kappa shape index (κ1) is 24.9. The highest BCUT2D eigenvalue weighted by Crippen LogP contribution is 2.28. The van der Waals surface area contributed by atoms with Crippen molar-refractivity contribution in [3.8, 4) is 11.5 Å². The molecule has 166 valence electrons. The van der Waals surface area contributed by atoms with Gasteiger partial charge in [0.15, 0.2) is 17.3 Å². The molecule has 0 saturated carbocycles. The number of hydrogen-bond donors (Lipinski definition) is 3. The maximum atomic E-state index is 8.36. The van der Waals surface area contributed by atoms with E-state index in [0.29, 0.717) is 12.3 Å². The number of rotatable bonds is 7. The Balaban J connectivity index is 0.000000672. The van der Waals surface area contributed by atoms with E-state index in [1.165, 1.54) is 25.9 Å². The minimum atomic E-state index is -0.250. The van der Waals surface area contributed by atoms with E-state index in [-0.39, 0.29) is 12.9 Å². The summed E-state index contributed by atoms with van der Waals surface area (Å²) < 4.78 is 10.6. The first-order valence-electron chi connectivity index (χ1n) is 9.53. The number of H-pyrrole nitrogens is 1. The Hall–Kier alpha value is -3.14. The third-order valence-corrected chi connectivity index (χ3v) is 4.54. The number of carbonyl (C=O) groups is 2. The van der Waals surface area contributed by atoms with E-state index < -0.39 is 0 Å².